The number of carbonyl (C=O) groups is 1. The standard InChI is InChI=1S/C16H21N5O/c1-20-11-13(9-18-20)21-8-4-5-12(10-21)19-16(22)14-6-2-3-7-15(14)17/h2-3,6-7,9,11-12H,4-5,8,10,17H2,1H3,(H,19,22). The number of nitrogen functional groups attached to an aromatic ring is 1. The second-order valence-corrected chi connectivity index (χ2v) is 5.72. The van der Waals surface area contributed by atoms with Crippen LogP contribution in [0.25, 0.3) is 0 Å². The summed E-state index contributed by atoms with van der Waals surface area (Å²) in [7, 11) is 1.91. The maximum absolute atomic E-state index is 12.4. The SMILES string of the molecule is Cn1cc(N2CCCC(NC(=O)c3ccccc3N)C2)cn1. The Hall–Kier alpha value is -2.50. The Balaban J connectivity index is 1.65. The molecule has 2 heterocycles. The van der Waals surface area contributed by atoms with Crippen molar-refractivity contribution in [2.45, 2.75) is 18.9 Å². The van der Waals surface area contributed by atoms with E-state index in [2.05, 4.69) is 15.3 Å². The minimum Gasteiger partial charge on any atom is -0.398 e. The van der Waals surface area contributed by atoms with E-state index in [1.807, 2.05) is 31.6 Å². The molecule has 22 heavy (non-hydrogen) atoms. The van der Waals surface area contributed by atoms with Gasteiger partial charge in [-0.15, -0.1) is 0 Å². The van der Waals surface area contributed by atoms with Crippen molar-refractivity contribution in [1.82, 2.24) is 15.1 Å². The van der Waals surface area contributed by atoms with Crippen molar-refractivity contribution in [3.8, 4) is 0 Å². The molecule has 116 valence electrons. The lowest BCUT2D eigenvalue weighted by molar-refractivity contribution is 0.0934. The van der Waals surface area contributed by atoms with Crippen LogP contribution in [0, 0.1) is 0 Å². The van der Waals surface area contributed by atoms with Gasteiger partial charge in [0.05, 0.1) is 17.4 Å². The fourth-order valence-electron chi connectivity index (χ4n) is 2.87. The van der Waals surface area contributed by atoms with Crippen LogP contribution in [0.4, 0.5) is 11.4 Å². The molecule has 1 unspecified atom stereocenters. The van der Waals surface area contributed by atoms with Crippen LogP contribution in [0.3, 0.4) is 0 Å². The molecule has 1 amide bonds. The third-order valence-electron chi connectivity index (χ3n) is 4.02. The third kappa shape index (κ3) is 3.05. The lowest BCUT2D eigenvalue weighted by atomic mass is 10.0. The van der Waals surface area contributed by atoms with Gasteiger partial charge in [-0.25, -0.2) is 0 Å². The van der Waals surface area contributed by atoms with Gasteiger partial charge >= 0.3 is 0 Å². The summed E-state index contributed by atoms with van der Waals surface area (Å²) < 4.78 is 1.79. The van der Waals surface area contributed by atoms with E-state index in [4.69, 9.17) is 5.73 Å². The molecule has 1 aliphatic rings. The summed E-state index contributed by atoms with van der Waals surface area (Å²) in [4.78, 5) is 14.6. The number of amides is 1. The van der Waals surface area contributed by atoms with E-state index >= 15 is 0 Å². The highest BCUT2D eigenvalue weighted by Crippen LogP contribution is 2.19. The number of piperidine rings is 1. The molecule has 0 bridgehead atoms. The number of rotatable bonds is 3. The molecule has 3 N–H and O–H groups in total. The largest absolute Gasteiger partial charge is 0.398 e. The number of nitrogens with one attached hydrogen (secondary N) is 1. The Morgan fingerprint density at radius 2 is 2.23 bits per heavy atom. The number of hydrogen-bond acceptors (Lipinski definition) is 4. The monoisotopic (exact) mass is 299 g/mol. The maximum Gasteiger partial charge on any atom is 0.253 e. The van der Waals surface area contributed by atoms with Crippen molar-refractivity contribution < 1.29 is 4.79 Å². The molecule has 0 saturated carbocycles. The molecule has 0 radical (unpaired) electrons. The fourth-order valence-corrected chi connectivity index (χ4v) is 2.87. The van der Waals surface area contributed by atoms with Crippen LogP contribution in [0.15, 0.2) is 36.7 Å². The Bertz CT molecular complexity index is 666. The number of nitrogens with zero attached hydrogens (tertiary/aromatic N) is 3. The zero-order valence-corrected chi connectivity index (χ0v) is 12.7. The number of anilines is 2. The van der Waals surface area contributed by atoms with Gasteiger partial charge in [0, 0.05) is 38.1 Å². The zero-order valence-electron chi connectivity index (χ0n) is 12.7. The Morgan fingerprint density at radius 3 is 2.95 bits per heavy atom. The average molecular weight is 299 g/mol. The van der Waals surface area contributed by atoms with Gasteiger partial charge in [0.1, 0.15) is 0 Å². The first-order chi connectivity index (χ1) is 10.6. The number of carbonyl (C=O) groups excluding carboxylic acids is 1. The van der Waals surface area contributed by atoms with Gasteiger partial charge in [0.2, 0.25) is 0 Å². The topological polar surface area (TPSA) is 76.2 Å². The number of para-hydroxylation sites is 1. The first-order valence-electron chi connectivity index (χ1n) is 7.52. The van der Waals surface area contributed by atoms with Gasteiger partial charge < -0.3 is 16.0 Å². The van der Waals surface area contributed by atoms with E-state index in [0.717, 1.165) is 31.6 Å². The lowest BCUT2D eigenvalue weighted by Crippen LogP contribution is -2.47. The van der Waals surface area contributed by atoms with Crippen LogP contribution in [0.1, 0.15) is 23.2 Å². The summed E-state index contributed by atoms with van der Waals surface area (Å²) in [6.07, 6.45) is 5.89. The summed E-state index contributed by atoms with van der Waals surface area (Å²) in [5.74, 6) is -0.101. The van der Waals surface area contributed by atoms with E-state index in [9.17, 15) is 4.79 Å². The number of benzene rings is 1. The molecule has 1 saturated heterocycles. The molecule has 1 aromatic carbocycles. The smallest absolute Gasteiger partial charge is 0.253 e. The van der Waals surface area contributed by atoms with E-state index in [1.165, 1.54) is 0 Å². The molecule has 6 heteroatoms. The molecule has 1 atom stereocenters. The van der Waals surface area contributed by atoms with Crippen molar-refractivity contribution in [1.29, 1.82) is 0 Å². The Kier molecular flexibility index (Phi) is 4.00. The highest BCUT2D eigenvalue weighted by atomic mass is 16.1. The van der Waals surface area contributed by atoms with Crippen molar-refractivity contribution in [2.75, 3.05) is 23.7 Å². The summed E-state index contributed by atoms with van der Waals surface area (Å²) in [6, 6.07) is 7.29. The van der Waals surface area contributed by atoms with Crippen molar-refractivity contribution in [3.05, 3.63) is 42.2 Å². The van der Waals surface area contributed by atoms with Gasteiger partial charge in [-0.2, -0.15) is 5.10 Å². The number of aromatic nitrogens is 2. The Morgan fingerprint density at radius 1 is 1.41 bits per heavy atom. The van der Waals surface area contributed by atoms with Crippen LogP contribution >= 0.6 is 0 Å². The maximum atomic E-state index is 12.4. The Labute approximate surface area is 129 Å². The predicted molar refractivity (Wildman–Crippen MR) is 86.8 cm³/mol. The second-order valence-electron chi connectivity index (χ2n) is 5.72. The minimum atomic E-state index is -0.101. The molecule has 0 spiro atoms. The van der Waals surface area contributed by atoms with Crippen LogP contribution in [0.2, 0.25) is 0 Å². The lowest BCUT2D eigenvalue weighted by Gasteiger charge is -2.33. The molecule has 3 rings (SSSR count). The fraction of sp³-hybridized carbons (Fsp3) is 0.375. The van der Waals surface area contributed by atoms with Crippen molar-refractivity contribution in [2.24, 2.45) is 7.05 Å². The first kappa shape index (κ1) is 14.4. The summed E-state index contributed by atoms with van der Waals surface area (Å²) in [6.45, 7) is 1.79. The van der Waals surface area contributed by atoms with Crippen LogP contribution < -0.4 is 16.0 Å². The predicted octanol–water partition coefficient (Wildman–Crippen LogP) is 1.40. The molecule has 1 fully saturated rings. The van der Waals surface area contributed by atoms with Crippen LogP contribution in [-0.4, -0.2) is 34.8 Å². The zero-order chi connectivity index (χ0) is 15.5. The quantitative estimate of drug-likeness (QED) is 0.840. The average Bonchev–Trinajstić information content (AvgIpc) is 2.94. The summed E-state index contributed by atoms with van der Waals surface area (Å²) in [5.41, 5.74) is 8.02. The van der Waals surface area contributed by atoms with Crippen molar-refractivity contribution >= 4 is 17.3 Å². The molecule has 2 aromatic rings. The second kappa shape index (κ2) is 6.09. The van der Waals surface area contributed by atoms with Crippen molar-refractivity contribution in [3.63, 3.8) is 0 Å². The molecular formula is C16H21N5O. The number of aryl methyl sites for hydroxylation is 1. The minimum absolute atomic E-state index is 0.101. The molecule has 6 nitrogen and oxygen atoms in total. The van der Waals surface area contributed by atoms with Gasteiger partial charge in [-0.3, -0.25) is 9.48 Å². The van der Waals surface area contributed by atoms with Gasteiger partial charge in [-0.05, 0) is 25.0 Å². The van der Waals surface area contributed by atoms with E-state index in [-0.39, 0.29) is 11.9 Å². The summed E-state index contributed by atoms with van der Waals surface area (Å²) >= 11 is 0. The van der Waals surface area contributed by atoms with Gasteiger partial charge in [0.25, 0.3) is 5.91 Å². The molecule has 1 aromatic heterocycles. The number of hydrogen-bond donors (Lipinski definition) is 2. The number of nitrogens with two attached hydrogens (primary N) is 1. The van der Waals surface area contributed by atoms with Gasteiger partial charge in [0.15, 0.2) is 0 Å². The third-order valence-corrected chi connectivity index (χ3v) is 4.02. The summed E-state index contributed by atoms with van der Waals surface area (Å²) in [5, 5.41) is 7.30. The van der Waals surface area contributed by atoms with E-state index in [1.54, 1.807) is 16.8 Å². The van der Waals surface area contributed by atoms with E-state index in [0.29, 0.717) is 11.3 Å². The molecule has 0 aliphatic carbocycles. The first-order valence-corrected chi connectivity index (χ1v) is 7.52. The van der Waals surface area contributed by atoms with Gasteiger partial charge in [-0.1, -0.05) is 12.1 Å². The molecule has 1 aliphatic heterocycles. The highest BCUT2D eigenvalue weighted by Gasteiger charge is 2.23. The van der Waals surface area contributed by atoms with E-state index < -0.39 is 0 Å². The normalized spacial score (nSPS) is 18.2. The van der Waals surface area contributed by atoms with Crippen LogP contribution in [-0.2, 0) is 7.05 Å². The van der Waals surface area contributed by atoms with Crippen LogP contribution in [0.5, 0.6) is 0 Å². The highest BCUT2D eigenvalue weighted by molar-refractivity contribution is 5.99. The molecular weight excluding hydrogens is 278 g/mol.